The normalized spacial score (nSPS) is 26.8. The van der Waals surface area contributed by atoms with E-state index in [4.69, 9.17) is 5.73 Å². The van der Waals surface area contributed by atoms with Crippen molar-refractivity contribution in [2.45, 2.75) is 38.1 Å². The van der Waals surface area contributed by atoms with Crippen LogP contribution in [0.3, 0.4) is 0 Å². The van der Waals surface area contributed by atoms with E-state index in [2.05, 4.69) is 0 Å². The second kappa shape index (κ2) is 3.70. The lowest BCUT2D eigenvalue weighted by Crippen LogP contribution is -2.14. The van der Waals surface area contributed by atoms with Crippen molar-refractivity contribution >= 4 is 0 Å². The van der Waals surface area contributed by atoms with Gasteiger partial charge in [0.25, 0.3) is 0 Å². The molecule has 76 valence electrons. The molecule has 14 heavy (non-hydrogen) atoms. The van der Waals surface area contributed by atoms with Gasteiger partial charge in [-0.1, -0.05) is 12.1 Å². The maximum Gasteiger partial charge on any atom is 0.126 e. The van der Waals surface area contributed by atoms with Crippen LogP contribution in [0.15, 0.2) is 18.2 Å². The fourth-order valence-corrected chi connectivity index (χ4v) is 2.24. The lowest BCUT2D eigenvalue weighted by Gasteiger charge is -2.10. The van der Waals surface area contributed by atoms with E-state index in [1.807, 2.05) is 19.1 Å². The average molecular weight is 193 g/mol. The van der Waals surface area contributed by atoms with E-state index in [0.717, 1.165) is 24.8 Å². The molecular formula is C12H16FN. The van der Waals surface area contributed by atoms with E-state index in [1.54, 1.807) is 6.07 Å². The molecule has 0 radical (unpaired) electrons. The van der Waals surface area contributed by atoms with Crippen LogP contribution >= 0.6 is 0 Å². The third kappa shape index (κ3) is 1.80. The van der Waals surface area contributed by atoms with Crippen LogP contribution in [0.5, 0.6) is 0 Å². The fraction of sp³-hybridized carbons (Fsp3) is 0.500. The van der Waals surface area contributed by atoms with Crippen LogP contribution < -0.4 is 5.73 Å². The van der Waals surface area contributed by atoms with Crippen molar-refractivity contribution in [3.63, 3.8) is 0 Å². The van der Waals surface area contributed by atoms with Crippen molar-refractivity contribution in [1.82, 2.24) is 0 Å². The highest BCUT2D eigenvalue weighted by Crippen LogP contribution is 2.33. The molecule has 1 aromatic carbocycles. The minimum absolute atomic E-state index is 0.115. The number of hydrogen-bond donors (Lipinski definition) is 1. The number of hydrogen-bond acceptors (Lipinski definition) is 1. The van der Waals surface area contributed by atoms with Gasteiger partial charge >= 0.3 is 0 Å². The second-order valence-corrected chi connectivity index (χ2v) is 4.28. The van der Waals surface area contributed by atoms with E-state index in [0.29, 0.717) is 12.0 Å². The summed E-state index contributed by atoms with van der Waals surface area (Å²) in [6.45, 7) is 1.81. The predicted octanol–water partition coefficient (Wildman–Crippen LogP) is 2.73. The Kier molecular flexibility index (Phi) is 2.55. The Morgan fingerprint density at radius 3 is 2.71 bits per heavy atom. The monoisotopic (exact) mass is 193 g/mol. The van der Waals surface area contributed by atoms with E-state index < -0.39 is 0 Å². The number of aryl methyl sites for hydroxylation is 1. The minimum Gasteiger partial charge on any atom is -0.328 e. The summed E-state index contributed by atoms with van der Waals surface area (Å²) in [7, 11) is 0. The van der Waals surface area contributed by atoms with Crippen molar-refractivity contribution < 1.29 is 4.39 Å². The largest absolute Gasteiger partial charge is 0.328 e. The highest BCUT2D eigenvalue weighted by atomic mass is 19.1. The van der Waals surface area contributed by atoms with Crippen LogP contribution in [-0.4, -0.2) is 6.04 Å². The molecule has 1 aromatic rings. The minimum atomic E-state index is -0.115. The third-order valence-electron chi connectivity index (χ3n) is 3.13. The lowest BCUT2D eigenvalue weighted by molar-refractivity contribution is 0.614. The summed E-state index contributed by atoms with van der Waals surface area (Å²) in [5.41, 5.74) is 7.84. The van der Waals surface area contributed by atoms with Gasteiger partial charge in [-0.3, -0.25) is 0 Å². The highest BCUT2D eigenvalue weighted by molar-refractivity contribution is 5.27. The molecule has 1 fully saturated rings. The van der Waals surface area contributed by atoms with Gasteiger partial charge in [0.15, 0.2) is 0 Å². The van der Waals surface area contributed by atoms with Gasteiger partial charge < -0.3 is 5.73 Å². The summed E-state index contributed by atoms with van der Waals surface area (Å²) in [6.07, 6.45) is 3.29. The number of benzene rings is 1. The molecule has 0 bridgehead atoms. The lowest BCUT2D eigenvalue weighted by atomic mass is 9.96. The maximum atomic E-state index is 13.0. The molecule has 0 heterocycles. The molecule has 0 aliphatic heterocycles. The Labute approximate surface area is 84.1 Å². The van der Waals surface area contributed by atoms with Crippen LogP contribution in [0.1, 0.15) is 36.3 Å². The first-order chi connectivity index (χ1) is 6.66. The first-order valence-electron chi connectivity index (χ1n) is 5.18. The van der Waals surface area contributed by atoms with Gasteiger partial charge in [0.2, 0.25) is 0 Å². The zero-order valence-electron chi connectivity index (χ0n) is 8.46. The van der Waals surface area contributed by atoms with Crippen molar-refractivity contribution in [2.75, 3.05) is 0 Å². The molecule has 1 nitrogen and oxygen atoms in total. The topological polar surface area (TPSA) is 26.0 Å². The number of rotatable bonds is 1. The zero-order chi connectivity index (χ0) is 10.1. The molecule has 2 unspecified atom stereocenters. The van der Waals surface area contributed by atoms with E-state index in [1.165, 1.54) is 5.56 Å². The van der Waals surface area contributed by atoms with Gasteiger partial charge in [0.05, 0.1) is 0 Å². The van der Waals surface area contributed by atoms with Crippen molar-refractivity contribution in [1.29, 1.82) is 0 Å². The highest BCUT2D eigenvalue weighted by Gasteiger charge is 2.23. The standard InChI is InChI=1S/C12H16FN/c1-8-6-9(3-5-12(8)13)10-2-4-11(14)7-10/h3,5-6,10-11H,2,4,7,14H2,1H3. The quantitative estimate of drug-likeness (QED) is 0.729. The maximum absolute atomic E-state index is 13.0. The summed E-state index contributed by atoms with van der Waals surface area (Å²) >= 11 is 0. The molecule has 1 aliphatic rings. The van der Waals surface area contributed by atoms with Crippen LogP contribution in [0.2, 0.25) is 0 Å². The zero-order valence-corrected chi connectivity index (χ0v) is 8.46. The molecule has 2 heteroatoms. The van der Waals surface area contributed by atoms with Crippen molar-refractivity contribution in [2.24, 2.45) is 5.73 Å². The molecule has 1 aliphatic carbocycles. The third-order valence-corrected chi connectivity index (χ3v) is 3.13. The van der Waals surface area contributed by atoms with Crippen molar-refractivity contribution in [3.8, 4) is 0 Å². The summed E-state index contributed by atoms with van der Waals surface area (Å²) in [5.74, 6) is 0.431. The smallest absolute Gasteiger partial charge is 0.126 e. The first kappa shape index (κ1) is 9.66. The van der Waals surface area contributed by atoms with Gasteiger partial charge in [-0.25, -0.2) is 4.39 Å². The SMILES string of the molecule is Cc1cc(C2CCC(N)C2)ccc1F. The Morgan fingerprint density at radius 1 is 1.36 bits per heavy atom. The molecule has 0 saturated heterocycles. The molecule has 0 spiro atoms. The Hall–Kier alpha value is -0.890. The Balaban J connectivity index is 2.20. The van der Waals surface area contributed by atoms with E-state index in [9.17, 15) is 4.39 Å². The molecule has 0 aromatic heterocycles. The van der Waals surface area contributed by atoms with E-state index in [-0.39, 0.29) is 5.82 Å². The Bertz CT molecular complexity index is 335. The van der Waals surface area contributed by atoms with Crippen LogP contribution in [0.4, 0.5) is 4.39 Å². The first-order valence-corrected chi connectivity index (χ1v) is 5.18. The number of halogens is 1. The van der Waals surface area contributed by atoms with Gasteiger partial charge in [0, 0.05) is 6.04 Å². The summed E-state index contributed by atoms with van der Waals surface area (Å²) in [6, 6.07) is 5.75. The summed E-state index contributed by atoms with van der Waals surface area (Å²) in [4.78, 5) is 0. The van der Waals surface area contributed by atoms with Gasteiger partial charge in [-0.15, -0.1) is 0 Å². The molecule has 2 atom stereocenters. The molecule has 1 saturated carbocycles. The molecule has 2 rings (SSSR count). The van der Waals surface area contributed by atoms with Gasteiger partial charge in [-0.05, 0) is 49.3 Å². The average Bonchev–Trinajstić information content (AvgIpc) is 2.57. The molecular weight excluding hydrogens is 177 g/mol. The second-order valence-electron chi connectivity index (χ2n) is 4.28. The summed E-state index contributed by atoms with van der Waals surface area (Å²) in [5, 5.41) is 0. The molecule has 2 N–H and O–H groups in total. The van der Waals surface area contributed by atoms with Crippen molar-refractivity contribution in [3.05, 3.63) is 35.1 Å². The van der Waals surface area contributed by atoms with Crippen LogP contribution in [-0.2, 0) is 0 Å². The van der Waals surface area contributed by atoms with E-state index >= 15 is 0 Å². The Morgan fingerprint density at radius 2 is 2.14 bits per heavy atom. The van der Waals surface area contributed by atoms with Crippen LogP contribution in [0.25, 0.3) is 0 Å². The summed E-state index contributed by atoms with van der Waals surface area (Å²) < 4.78 is 13.0. The predicted molar refractivity (Wildman–Crippen MR) is 55.7 cm³/mol. The number of nitrogens with two attached hydrogens (primary N) is 1. The van der Waals surface area contributed by atoms with Crippen LogP contribution in [0, 0.1) is 12.7 Å². The van der Waals surface area contributed by atoms with Gasteiger partial charge in [-0.2, -0.15) is 0 Å². The fourth-order valence-electron chi connectivity index (χ4n) is 2.24. The van der Waals surface area contributed by atoms with Gasteiger partial charge in [0.1, 0.15) is 5.82 Å². The molecule has 0 amide bonds.